The molecule has 0 amide bonds. The molecule has 0 aliphatic rings. The fourth-order valence-electron chi connectivity index (χ4n) is 2.33. The Kier molecular flexibility index (Phi) is 10.7. The molecule has 0 saturated heterocycles. The van der Waals surface area contributed by atoms with E-state index in [1.54, 1.807) is 0 Å². The van der Waals surface area contributed by atoms with Crippen LogP contribution in [0, 0.1) is 5.92 Å². The van der Waals surface area contributed by atoms with Crippen LogP contribution in [0.3, 0.4) is 0 Å². The molecule has 126 valence electrons. The van der Waals surface area contributed by atoms with E-state index in [0.29, 0.717) is 18.9 Å². The van der Waals surface area contributed by atoms with Gasteiger partial charge >= 0.3 is 5.97 Å². The summed E-state index contributed by atoms with van der Waals surface area (Å²) in [5.41, 5.74) is -0.663. The summed E-state index contributed by atoms with van der Waals surface area (Å²) >= 11 is 0. The highest BCUT2D eigenvalue weighted by Gasteiger charge is 2.35. The third-order valence-electron chi connectivity index (χ3n) is 3.52. The molecule has 0 aromatic heterocycles. The van der Waals surface area contributed by atoms with Gasteiger partial charge in [-0.2, -0.15) is 0 Å². The van der Waals surface area contributed by atoms with Crippen molar-refractivity contribution in [2.75, 3.05) is 19.8 Å². The van der Waals surface area contributed by atoms with Gasteiger partial charge in [-0.25, -0.2) is 0 Å². The van der Waals surface area contributed by atoms with Crippen molar-refractivity contribution in [2.45, 2.75) is 78.9 Å². The van der Waals surface area contributed by atoms with Gasteiger partial charge in [-0.1, -0.05) is 20.8 Å². The molecule has 2 unspecified atom stereocenters. The highest BCUT2D eigenvalue weighted by Crippen LogP contribution is 2.17. The normalized spacial score (nSPS) is 15.8. The molecule has 4 heteroatoms. The quantitative estimate of drug-likeness (QED) is 0.442. The lowest BCUT2D eigenvalue weighted by molar-refractivity contribution is -0.152. The van der Waals surface area contributed by atoms with Crippen molar-refractivity contribution in [1.82, 2.24) is 5.32 Å². The molecule has 0 radical (unpaired) electrons. The molecule has 0 bridgehead atoms. The maximum Gasteiger partial charge on any atom is 0.326 e. The Labute approximate surface area is 131 Å². The standard InChI is InChI=1S/C17H35NO3/c1-7-11-18-17(6,16(19)20-8-2)13-15(5)21-12-9-10-14(3)4/h14-15,18H,7-13H2,1-6H3. The van der Waals surface area contributed by atoms with Crippen LogP contribution in [0.25, 0.3) is 0 Å². The molecule has 4 nitrogen and oxygen atoms in total. The van der Waals surface area contributed by atoms with E-state index in [2.05, 4.69) is 26.1 Å². The predicted molar refractivity (Wildman–Crippen MR) is 87.4 cm³/mol. The first-order chi connectivity index (χ1) is 9.85. The van der Waals surface area contributed by atoms with Crippen molar-refractivity contribution in [2.24, 2.45) is 5.92 Å². The topological polar surface area (TPSA) is 47.6 Å². The smallest absolute Gasteiger partial charge is 0.326 e. The monoisotopic (exact) mass is 301 g/mol. The molecule has 0 aromatic rings. The first-order valence-corrected chi connectivity index (χ1v) is 8.39. The van der Waals surface area contributed by atoms with Crippen LogP contribution >= 0.6 is 0 Å². The third kappa shape index (κ3) is 9.10. The van der Waals surface area contributed by atoms with Gasteiger partial charge in [-0.3, -0.25) is 4.79 Å². The number of hydrogen-bond donors (Lipinski definition) is 1. The third-order valence-corrected chi connectivity index (χ3v) is 3.52. The van der Waals surface area contributed by atoms with E-state index < -0.39 is 5.54 Å². The fraction of sp³-hybridized carbons (Fsp3) is 0.941. The Morgan fingerprint density at radius 3 is 2.43 bits per heavy atom. The largest absolute Gasteiger partial charge is 0.465 e. The Morgan fingerprint density at radius 1 is 1.24 bits per heavy atom. The summed E-state index contributed by atoms with van der Waals surface area (Å²) in [6.07, 6.45) is 3.90. The number of nitrogens with one attached hydrogen (secondary N) is 1. The second kappa shape index (κ2) is 11.0. The van der Waals surface area contributed by atoms with Crippen LogP contribution in [0.1, 0.15) is 67.2 Å². The first-order valence-electron chi connectivity index (χ1n) is 8.39. The van der Waals surface area contributed by atoms with Gasteiger partial charge in [0.1, 0.15) is 5.54 Å². The molecule has 0 aliphatic heterocycles. The minimum atomic E-state index is -0.663. The molecule has 0 heterocycles. The van der Waals surface area contributed by atoms with Crippen LogP contribution < -0.4 is 5.32 Å². The molecule has 0 aromatic carbocycles. The summed E-state index contributed by atoms with van der Waals surface area (Å²) in [5, 5.41) is 3.32. The Bertz CT molecular complexity index is 281. The van der Waals surface area contributed by atoms with E-state index in [9.17, 15) is 4.79 Å². The highest BCUT2D eigenvalue weighted by atomic mass is 16.5. The minimum Gasteiger partial charge on any atom is -0.465 e. The van der Waals surface area contributed by atoms with E-state index in [1.807, 2.05) is 20.8 Å². The average Bonchev–Trinajstić information content (AvgIpc) is 2.41. The number of hydrogen-bond acceptors (Lipinski definition) is 4. The van der Waals surface area contributed by atoms with Gasteiger partial charge in [0.05, 0.1) is 12.7 Å². The number of carbonyl (C=O) groups excluding carboxylic acids is 1. The zero-order chi connectivity index (χ0) is 16.3. The van der Waals surface area contributed by atoms with Crippen LogP contribution in [-0.2, 0) is 14.3 Å². The number of esters is 1. The summed E-state index contributed by atoms with van der Waals surface area (Å²) in [5.74, 6) is 0.524. The van der Waals surface area contributed by atoms with E-state index >= 15 is 0 Å². The van der Waals surface area contributed by atoms with Crippen LogP contribution in [0.4, 0.5) is 0 Å². The van der Waals surface area contributed by atoms with Crippen LogP contribution in [0.2, 0.25) is 0 Å². The SMILES string of the molecule is CCCNC(C)(CC(C)OCCCC(C)C)C(=O)OCC. The molecule has 0 aliphatic carbocycles. The van der Waals surface area contributed by atoms with Crippen LogP contribution in [-0.4, -0.2) is 37.4 Å². The molecule has 21 heavy (non-hydrogen) atoms. The lowest BCUT2D eigenvalue weighted by Gasteiger charge is -2.31. The Morgan fingerprint density at radius 2 is 1.90 bits per heavy atom. The van der Waals surface area contributed by atoms with Gasteiger partial charge < -0.3 is 14.8 Å². The van der Waals surface area contributed by atoms with Crippen molar-refractivity contribution in [3.8, 4) is 0 Å². The number of carbonyl (C=O) groups is 1. The highest BCUT2D eigenvalue weighted by molar-refractivity contribution is 5.80. The molecule has 0 spiro atoms. The molecule has 0 saturated carbocycles. The van der Waals surface area contributed by atoms with Gasteiger partial charge in [0.2, 0.25) is 0 Å². The minimum absolute atomic E-state index is 0.0379. The fourth-order valence-corrected chi connectivity index (χ4v) is 2.33. The molecular formula is C17H35NO3. The zero-order valence-corrected chi connectivity index (χ0v) is 14.8. The van der Waals surface area contributed by atoms with E-state index in [0.717, 1.165) is 26.0 Å². The summed E-state index contributed by atoms with van der Waals surface area (Å²) in [4.78, 5) is 12.2. The molecule has 2 atom stereocenters. The predicted octanol–water partition coefficient (Wildman–Crippen LogP) is 3.54. The Balaban J connectivity index is 4.34. The van der Waals surface area contributed by atoms with E-state index in [-0.39, 0.29) is 12.1 Å². The van der Waals surface area contributed by atoms with E-state index in [4.69, 9.17) is 9.47 Å². The van der Waals surface area contributed by atoms with Gasteiger partial charge in [0.15, 0.2) is 0 Å². The zero-order valence-electron chi connectivity index (χ0n) is 14.8. The average molecular weight is 301 g/mol. The molecule has 1 N–H and O–H groups in total. The van der Waals surface area contributed by atoms with Gasteiger partial charge in [0.25, 0.3) is 0 Å². The Hall–Kier alpha value is -0.610. The molecular weight excluding hydrogens is 266 g/mol. The van der Waals surface area contributed by atoms with E-state index in [1.165, 1.54) is 6.42 Å². The van der Waals surface area contributed by atoms with Crippen molar-refractivity contribution < 1.29 is 14.3 Å². The second-order valence-electron chi connectivity index (χ2n) is 6.40. The summed E-state index contributed by atoms with van der Waals surface area (Å²) in [6.45, 7) is 14.3. The maximum atomic E-state index is 12.2. The van der Waals surface area contributed by atoms with Crippen molar-refractivity contribution in [3.05, 3.63) is 0 Å². The van der Waals surface area contributed by atoms with Crippen molar-refractivity contribution in [3.63, 3.8) is 0 Å². The molecule has 0 fully saturated rings. The van der Waals surface area contributed by atoms with Crippen LogP contribution in [0.15, 0.2) is 0 Å². The second-order valence-corrected chi connectivity index (χ2v) is 6.40. The van der Waals surface area contributed by atoms with Gasteiger partial charge in [-0.05, 0) is 52.5 Å². The van der Waals surface area contributed by atoms with Gasteiger partial charge in [0, 0.05) is 13.0 Å². The van der Waals surface area contributed by atoms with Crippen LogP contribution in [0.5, 0.6) is 0 Å². The van der Waals surface area contributed by atoms with Gasteiger partial charge in [-0.15, -0.1) is 0 Å². The lowest BCUT2D eigenvalue weighted by Crippen LogP contribution is -2.52. The van der Waals surface area contributed by atoms with Crippen molar-refractivity contribution in [1.29, 1.82) is 0 Å². The lowest BCUT2D eigenvalue weighted by atomic mass is 9.94. The van der Waals surface area contributed by atoms with Crippen molar-refractivity contribution >= 4 is 5.97 Å². The number of ether oxygens (including phenoxy) is 2. The summed E-state index contributed by atoms with van der Waals surface area (Å²) in [6, 6.07) is 0. The molecule has 0 rings (SSSR count). The first kappa shape index (κ1) is 20.4. The number of rotatable bonds is 12. The summed E-state index contributed by atoms with van der Waals surface area (Å²) < 4.78 is 11.1. The summed E-state index contributed by atoms with van der Waals surface area (Å²) in [7, 11) is 0. The maximum absolute atomic E-state index is 12.2.